The molecule has 0 fully saturated rings. The number of aromatic nitrogens is 1. The molecule has 2 aromatic rings. The summed E-state index contributed by atoms with van der Waals surface area (Å²) < 4.78 is 15.3. The van der Waals surface area contributed by atoms with Gasteiger partial charge in [-0.15, -0.1) is 0 Å². The Morgan fingerprint density at radius 1 is 1.43 bits per heavy atom. The highest BCUT2D eigenvalue weighted by molar-refractivity contribution is 7.16. The molecule has 74 valence electrons. The summed E-state index contributed by atoms with van der Waals surface area (Å²) in [5.74, 6) is -0.297. The summed E-state index contributed by atoms with van der Waals surface area (Å²) in [7, 11) is 0. The topological polar surface area (TPSA) is 22.0 Å². The summed E-state index contributed by atoms with van der Waals surface area (Å²) in [4.78, 5) is 11.5. The average molecular weight is 211 g/mol. The molecule has 4 heteroatoms. The van der Waals surface area contributed by atoms with Gasteiger partial charge in [0.05, 0.1) is 10.2 Å². The van der Waals surface area contributed by atoms with Crippen LogP contribution in [0.4, 0.5) is 4.39 Å². The molecule has 0 bridgehead atoms. The van der Waals surface area contributed by atoms with Crippen LogP contribution in [0.5, 0.6) is 0 Å². The van der Waals surface area contributed by atoms with Gasteiger partial charge in [0.1, 0.15) is 5.82 Å². The molecule has 2 rings (SSSR count). The first-order chi connectivity index (χ1) is 6.59. The van der Waals surface area contributed by atoms with Gasteiger partial charge >= 0.3 is 4.87 Å². The maximum Gasteiger partial charge on any atom is 0.308 e. The normalized spacial score (nSPS) is 11.4. The molecular weight excluding hydrogens is 201 g/mol. The third kappa shape index (κ3) is 1.35. The van der Waals surface area contributed by atoms with E-state index in [1.165, 1.54) is 12.1 Å². The Morgan fingerprint density at radius 2 is 2.14 bits per heavy atom. The van der Waals surface area contributed by atoms with E-state index >= 15 is 0 Å². The number of hydrogen-bond acceptors (Lipinski definition) is 2. The van der Waals surface area contributed by atoms with Crippen molar-refractivity contribution in [2.45, 2.75) is 19.9 Å². The number of fused-ring (bicyclic) bond motifs is 1. The summed E-state index contributed by atoms with van der Waals surface area (Å²) in [6.07, 6.45) is 0. The lowest BCUT2D eigenvalue weighted by molar-refractivity contribution is 0.608. The van der Waals surface area contributed by atoms with Crippen molar-refractivity contribution in [2.24, 2.45) is 0 Å². The summed E-state index contributed by atoms with van der Waals surface area (Å²) in [6, 6.07) is 4.55. The van der Waals surface area contributed by atoms with Crippen molar-refractivity contribution in [3.8, 4) is 0 Å². The van der Waals surface area contributed by atoms with Gasteiger partial charge in [-0.2, -0.15) is 0 Å². The third-order valence-electron chi connectivity index (χ3n) is 2.09. The van der Waals surface area contributed by atoms with Crippen LogP contribution in [0.25, 0.3) is 10.2 Å². The highest BCUT2D eigenvalue weighted by Gasteiger charge is 2.10. The monoisotopic (exact) mass is 211 g/mol. The van der Waals surface area contributed by atoms with Crippen LogP contribution in [0.2, 0.25) is 0 Å². The Bertz CT molecular complexity index is 526. The molecule has 2 nitrogen and oxygen atoms in total. The Morgan fingerprint density at radius 3 is 2.79 bits per heavy atom. The minimum Gasteiger partial charge on any atom is -0.296 e. The largest absolute Gasteiger partial charge is 0.308 e. The van der Waals surface area contributed by atoms with Crippen LogP contribution in [-0.2, 0) is 0 Å². The SMILES string of the molecule is CC(C)n1c(=O)sc2cc(F)ccc21. The fraction of sp³-hybridized carbons (Fsp3) is 0.300. The van der Waals surface area contributed by atoms with E-state index in [0.29, 0.717) is 4.70 Å². The predicted molar refractivity (Wildman–Crippen MR) is 56.4 cm³/mol. The zero-order chi connectivity index (χ0) is 10.3. The molecule has 0 radical (unpaired) electrons. The first kappa shape index (κ1) is 9.40. The van der Waals surface area contributed by atoms with Gasteiger partial charge in [-0.3, -0.25) is 9.36 Å². The van der Waals surface area contributed by atoms with Crippen LogP contribution in [0.3, 0.4) is 0 Å². The second kappa shape index (κ2) is 3.20. The molecule has 14 heavy (non-hydrogen) atoms. The smallest absolute Gasteiger partial charge is 0.296 e. The lowest BCUT2D eigenvalue weighted by Gasteiger charge is -2.06. The summed E-state index contributed by atoms with van der Waals surface area (Å²) in [5, 5.41) is 0. The molecule has 0 saturated heterocycles. The van der Waals surface area contributed by atoms with Crippen molar-refractivity contribution in [3.05, 3.63) is 33.7 Å². The minimum atomic E-state index is -0.297. The van der Waals surface area contributed by atoms with Crippen LogP contribution in [0.1, 0.15) is 19.9 Å². The van der Waals surface area contributed by atoms with E-state index in [-0.39, 0.29) is 16.7 Å². The fourth-order valence-corrected chi connectivity index (χ4v) is 2.54. The van der Waals surface area contributed by atoms with Gasteiger partial charge in [-0.05, 0) is 32.0 Å². The Hall–Kier alpha value is -1.16. The number of benzene rings is 1. The molecule has 0 atom stereocenters. The van der Waals surface area contributed by atoms with E-state index in [0.717, 1.165) is 16.9 Å². The molecule has 0 saturated carbocycles. The minimum absolute atomic E-state index is 0.0272. The summed E-state index contributed by atoms with van der Waals surface area (Å²) in [6.45, 7) is 3.88. The van der Waals surface area contributed by atoms with Gasteiger partial charge < -0.3 is 0 Å². The fourth-order valence-electron chi connectivity index (χ4n) is 1.50. The molecule has 1 aromatic carbocycles. The molecule has 0 N–H and O–H groups in total. The Balaban J connectivity index is 2.84. The number of halogens is 1. The molecule has 0 amide bonds. The van der Waals surface area contributed by atoms with Gasteiger partial charge in [-0.25, -0.2) is 4.39 Å². The average Bonchev–Trinajstić information content (AvgIpc) is 2.39. The number of rotatable bonds is 1. The molecular formula is C10H10FNOS. The second-order valence-corrected chi connectivity index (χ2v) is 4.44. The quantitative estimate of drug-likeness (QED) is 0.711. The molecule has 1 heterocycles. The Labute approximate surface area is 84.6 Å². The van der Waals surface area contributed by atoms with Gasteiger partial charge in [0.2, 0.25) is 0 Å². The standard InChI is InChI=1S/C10H10FNOS/c1-6(2)12-8-4-3-7(11)5-9(8)14-10(12)13/h3-6H,1-2H3. The second-order valence-electron chi connectivity index (χ2n) is 3.44. The molecule has 0 aliphatic rings. The van der Waals surface area contributed by atoms with E-state index < -0.39 is 0 Å². The van der Waals surface area contributed by atoms with Crippen LogP contribution in [0, 0.1) is 5.82 Å². The van der Waals surface area contributed by atoms with Crippen LogP contribution >= 0.6 is 11.3 Å². The number of hydrogen-bond donors (Lipinski definition) is 0. The van der Waals surface area contributed by atoms with Gasteiger partial charge in [0, 0.05) is 6.04 Å². The van der Waals surface area contributed by atoms with E-state index in [4.69, 9.17) is 0 Å². The van der Waals surface area contributed by atoms with Gasteiger partial charge in [0.15, 0.2) is 0 Å². The van der Waals surface area contributed by atoms with Crippen LogP contribution < -0.4 is 4.87 Å². The number of thiazole rings is 1. The molecule has 0 aliphatic heterocycles. The van der Waals surface area contributed by atoms with E-state index in [1.54, 1.807) is 10.6 Å². The zero-order valence-electron chi connectivity index (χ0n) is 7.95. The maximum atomic E-state index is 12.9. The summed E-state index contributed by atoms with van der Waals surface area (Å²) >= 11 is 1.09. The first-order valence-corrected chi connectivity index (χ1v) is 5.22. The van der Waals surface area contributed by atoms with Crippen LogP contribution in [-0.4, -0.2) is 4.57 Å². The van der Waals surface area contributed by atoms with Crippen molar-refractivity contribution in [3.63, 3.8) is 0 Å². The van der Waals surface area contributed by atoms with E-state index in [9.17, 15) is 9.18 Å². The van der Waals surface area contributed by atoms with Crippen molar-refractivity contribution < 1.29 is 4.39 Å². The molecule has 0 aliphatic carbocycles. The van der Waals surface area contributed by atoms with Crippen molar-refractivity contribution in [1.29, 1.82) is 0 Å². The molecule has 0 spiro atoms. The van der Waals surface area contributed by atoms with Crippen LogP contribution in [0.15, 0.2) is 23.0 Å². The van der Waals surface area contributed by atoms with Crippen molar-refractivity contribution in [1.82, 2.24) is 4.57 Å². The van der Waals surface area contributed by atoms with E-state index in [1.807, 2.05) is 13.8 Å². The lowest BCUT2D eigenvalue weighted by Crippen LogP contribution is -2.14. The number of nitrogens with zero attached hydrogens (tertiary/aromatic N) is 1. The predicted octanol–water partition coefficient (Wildman–Crippen LogP) is 2.78. The van der Waals surface area contributed by atoms with E-state index in [2.05, 4.69) is 0 Å². The maximum absolute atomic E-state index is 12.9. The van der Waals surface area contributed by atoms with Crippen molar-refractivity contribution in [2.75, 3.05) is 0 Å². The first-order valence-electron chi connectivity index (χ1n) is 4.40. The third-order valence-corrected chi connectivity index (χ3v) is 3.01. The molecule has 0 unspecified atom stereocenters. The van der Waals surface area contributed by atoms with Crippen molar-refractivity contribution >= 4 is 21.6 Å². The van der Waals surface area contributed by atoms with Gasteiger partial charge in [-0.1, -0.05) is 11.3 Å². The Kier molecular flexibility index (Phi) is 2.15. The highest BCUT2D eigenvalue weighted by Crippen LogP contribution is 2.21. The van der Waals surface area contributed by atoms with Gasteiger partial charge in [0.25, 0.3) is 0 Å². The lowest BCUT2D eigenvalue weighted by atomic mass is 10.3. The summed E-state index contributed by atoms with van der Waals surface area (Å²) in [5.41, 5.74) is 0.816. The molecule has 1 aromatic heterocycles. The zero-order valence-corrected chi connectivity index (χ0v) is 8.77. The highest BCUT2D eigenvalue weighted by atomic mass is 32.1.